The van der Waals surface area contributed by atoms with Gasteiger partial charge in [-0.15, -0.1) is 0 Å². The molecule has 0 aromatic heterocycles. The molecule has 3 nitrogen and oxygen atoms in total. The first kappa shape index (κ1) is 15.2. The van der Waals surface area contributed by atoms with Crippen LogP contribution in [0.5, 0.6) is 0 Å². The summed E-state index contributed by atoms with van der Waals surface area (Å²) in [5, 5.41) is 0. The van der Waals surface area contributed by atoms with E-state index in [4.69, 9.17) is 10.5 Å². The summed E-state index contributed by atoms with van der Waals surface area (Å²) in [4.78, 5) is 2.33. The number of thioether (sulfide) groups is 1. The zero-order chi connectivity index (χ0) is 11.7. The van der Waals surface area contributed by atoms with Crippen molar-refractivity contribution in [1.82, 2.24) is 4.90 Å². The Hall–Kier alpha value is 0.230. The number of likely N-dealkylation sites (N-methyl/N-ethyl adjacent to an activating group) is 1. The molecule has 0 bridgehead atoms. The standard InChI is InChI=1S/C11H26N2OS/c1-5-15-7-6-11(8-12)13(3)10(2)9-14-4/h10-11H,5-9,12H2,1-4H3. The minimum atomic E-state index is 0.440. The largest absolute Gasteiger partial charge is 0.383 e. The zero-order valence-electron chi connectivity index (χ0n) is 10.5. The Morgan fingerprint density at radius 3 is 2.60 bits per heavy atom. The minimum absolute atomic E-state index is 0.440. The topological polar surface area (TPSA) is 38.5 Å². The van der Waals surface area contributed by atoms with Crippen LogP contribution in [0.4, 0.5) is 0 Å². The molecule has 0 amide bonds. The Bertz CT molecular complexity index is 147. The van der Waals surface area contributed by atoms with Crippen molar-refractivity contribution in [2.75, 3.05) is 38.8 Å². The second-order valence-corrected chi connectivity index (χ2v) is 5.24. The lowest BCUT2D eigenvalue weighted by Crippen LogP contribution is -2.45. The quantitative estimate of drug-likeness (QED) is 0.613. The number of hydrogen-bond acceptors (Lipinski definition) is 4. The normalized spacial score (nSPS) is 15.6. The number of nitrogens with zero attached hydrogens (tertiary/aromatic N) is 1. The van der Waals surface area contributed by atoms with Crippen molar-refractivity contribution < 1.29 is 4.74 Å². The summed E-state index contributed by atoms with van der Waals surface area (Å²) in [6.45, 7) is 5.88. The van der Waals surface area contributed by atoms with Gasteiger partial charge in [0.15, 0.2) is 0 Å². The summed E-state index contributed by atoms with van der Waals surface area (Å²) in [7, 11) is 3.88. The van der Waals surface area contributed by atoms with Crippen molar-refractivity contribution in [2.45, 2.75) is 32.4 Å². The van der Waals surface area contributed by atoms with Crippen LogP contribution in [0.1, 0.15) is 20.3 Å². The molecule has 0 aliphatic carbocycles. The van der Waals surface area contributed by atoms with E-state index < -0.39 is 0 Å². The maximum absolute atomic E-state index is 5.80. The first-order chi connectivity index (χ1) is 7.17. The molecule has 2 N–H and O–H groups in total. The third-order valence-corrected chi connectivity index (χ3v) is 3.68. The molecule has 0 fully saturated rings. The highest BCUT2D eigenvalue weighted by Gasteiger charge is 2.17. The van der Waals surface area contributed by atoms with E-state index >= 15 is 0 Å². The summed E-state index contributed by atoms with van der Waals surface area (Å²) >= 11 is 1.98. The molecule has 0 aromatic carbocycles. The van der Waals surface area contributed by atoms with E-state index in [2.05, 4.69) is 25.8 Å². The van der Waals surface area contributed by atoms with Gasteiger partial charge in [0.1, 0.15) is 0 Å². The molecule has 0 rings (SSSR count). The van der Waals surface area contributed by atoms with Gasteiger partial charge in [-0.1, -0.05) is 6.92 Å². The number of methoxy groups -OCH3 is 1. The molecule has 2 unspecified atom stereocenters. The highest BCUT2D eigenvalue weighted by Crippen LogP contribution is 2.10. The predicted octanol–water partition coefficient (Wildman–Crippen LogP) is 1.42. The molecule has 0 saturated carbocycles. The van der Waals surface area contributed by atoms with Gasteiger partial charge in [-0.2, -0.15) is 11.8 Å². The van der Waals surface area contributed by atoms with Gasteiger partial charge < -0.3 is 10.5 Å². The van der Waals surface area contributed by atoms with Gasteiger partial charge in [-0.3, -0.25) is 4.90 Å². The average molecular weight is 234 g/mol. The molecule has 0 spiro atoms. The third kappa shape index (κ3) is 6.40. The summed E-state index contributed by atoms with van der Waals surface area (Å²) in [6.07, 6.45) is 1.17. The Labute approximate surface area is 98.7 Å². The van der Waals surface area contributed by atoms with E-state index in [1.54, 1.807) is 7.11 Å². The van der Waals surface area contributed by atoms with Crippen LogP contribution in [-0.2, 0) is 4.74 Å². The Morgan fingerprint density at radius 1 is 1.47 bits per heavy atom. The first-order valence-electron chi connectivity index (χ1n) is 5.66. The molecule has 92 valence electrons. The number of rotatable bonds is 9. The fourth-order valence-corrected chi connectivity index (χ4v) is 2.30. The van der Waals surface area contributed by atoms with Crippen LogP contribution in [0, 0.1) is 0 Å². The molecule has 0 aliphatic rings. The van der Waals surface area contributed by atoms with Gasteiger partial charge >= 0.3 is 0 Å². The number of hydrogen-bond donors (Lipinski definition) is 1. The van der Waals surface area contributed by atoms with Crippen molar-refractivity contribution in [3.8, 4) is 0 Å². The SMILES string of the molecule is CCSCCC(CN)N(C)C(C)COC. The van der Waals surface area contributed by atoms with Crippen LogP contribution in [-0.4, -0.2) is 55.8 Å². The first-order valence-corrected chi connectivity index (χ1v) is 6.81. The lowest BCUT2D eigenvalue weighted by Gasteiger charge is -2.32. The predicted molar refractivity (Wildman–Crippen MR) is 69.6 cm³/mol. The molecular weight excluding hydrogens is 208 g/mol. The number of nitrogens with two attached hydrogens (primary N) is 1. The fourth-order valence-electron chi connectivity index (χ4n) is 1.57. The Kier molecular flexibility index (Phi) is 9.60. The van der Waals surface area contributed by atoms with Crippen LogP contribution < -0.4 is 5.73 Å². The third-order valence-electron chi connectivity index (χ3n) is 2.75. The van der Waals surface area contributed by atoms with Crippen molar-refractivity contribution in [3.05, 3.63) is 0 Å². The van der Waals surface area contributed by atoms with Gasteiger partial charge in [0.05, 0.1) is 6.61 Å². The smallest absolute Gasteiger partial charge is 0.0615 e. The van der Waals surface area contributed by atoms with E-state index in [1.165, 1.54) is 17.9 Å². The van der Waals surface area contributed by atoms with Crippen LogP contribution in [0.2, 0.25) is 0 Å². The summed E-state index contributed by atoms with van der Waals surface area (Å²) in [6, 6.07) is 0.921. The lowest BCUT2D eigenvalue weighted by atomic mass is 10.1. The summed E-state index contributed by atoms with van der Waals surface area (Å²) < 4.78 is 5.16. The average Bonchev–Trinajstić information content (AvgIpc) is 2.24. The maximum Gasteiger partial charge on any atom is 0.0615 e. The van der Waals surface area contributed by atoms with Crippen molar-refractivity contribution in [3.63, 3.8) is 0 Å². The van der Waals surface area contributed by atoms with E-state index in [1.807, 2.05) is 11.8 Å². The molecule has 15 heavy (non-hydrogen) atoms. The van der Waals surface area contributed by atoms with Crippen molar-refractivity contribution in [2.24, 2.45) is 5.73 Å². The van der Waals surface area contributed by atoms with E-state index in [0.29, 0.717) is 12.1 Å². The van der Waals surface area contributed by atoms with E-state index in [-0.39, 0.29) is 0 Å². The summed E-state index contributed by atoms with van der Waals surface area (Å²) in [5.41, 5.74) is 5.80. The van der Waals surface area contributed by atoms with Crippen molar-refractivity contribution in [1.29, 1.82) is 0 Å². The summed E-state index contributed by atoms with van der Waals surface area (Å²) in [5.74, 6) is 2.39. The minimum Gasteiger partial charge on any atom is -0.383 e. The zero-order valence-corrected chi connectivity index (χ0v) is 11.3. The molecule has 2 atom stereocenters. The second-order valence-electron chi connectivity index (χ2n) is 3.84. The molecule has 4 heteroatoms. The van der Waals surface area contributed by atoms with E-state index in [0.717, 1.165) is 13.2 Å². The van der Waals surface area contributed by atoms with Crippen LogP contribution in [0.3, 0.4) is 0 Å². The molecule has 0 saturated heterocycles. The van der Waals surface area contributed by atoms with Crippen LogP contribution in [0.15, 0.2) is 0 Å². The van der Waals surface area contributed by atoms with Crippen molar-refractivity contribution >= 4 is 11.8 Å². The van der Waals surface area contributed by atoms with E-state index in [9.17, 15) is 0 Å². The molecule has 0 heterocycles. The number of ether oxygens (including phenoxy) is 1. The van der Waals surface area contributed by atoms with Gasteiger partial charge in [0.25, 0.3) is 0 Å². The van der Waals surface area contributed by atoms with Crippen LogP contribution in [0.25, 0.3) is 0 Å². The molecular formula is C11H26N2OS. The van der Waals surface area contributed by atoms with Gasteiger partial charge in [-0.05, 0) is 31.9 Å². The molecule has 0 aromatic rings. The maximum atomic E-state index is 5.80. The van der Waals surface area contributed by atoms with Crippen LogP contribution >= 0.6 is 11.8 Å². The second kappa shape index (κ2) is 9.46. The highest BCUT2D eigenvalue weighted by molar-refractivity contribution is 7.99. The highest BCUT2D eigenvalue weighted by atomic mass is 32.2. The lowest BCUT2D eigenvalue weighted by molar-refractivity contribution is 0.0902. The van der Waals surface area contributed by atoms with Gasteiger partial charge in [0.2, 0.25) is 0 Å². The molecule has 0 aliphatic heterocycles. The monoisotopic (exact) mass is 234 g/mol. The van der Waals surface area contributed by atoms with Gasteiger partial charge in [0, 0.05) is 25.7 Å². The Balaban J connectivity index is 3.91. The Morgan fingerprint density at radius 2 is 2.13 bits per heavy atom. The molecule has 0 radical (unpaired) electrons. The fraction of sp³-hybridized carbons (Fsp3) is 1.00. The van der Waals surface area contributed by atoms with Gasteiger partial charge in [-0.25, -0.2) is 0 Å².